The number of anilines is 2. The Balaban J connectivity index is 1.93. The van der Waals surface area contributed by atoms with Crippen molar-refractivity contribution in [1.29, 1.82) is 0 Å². The number of ether oxygens (including phenoxy) is 1. The van der Waals surface area contributed by atoms with Gasteiger partial charge in [0, 0.05) is 18.7 Å². The molecule has 1 aliphatic carbocycles. The van der Waals surface area contributed by atoms with Gasteiger partial charge in [-0.2, -0.15) is 4.98 Å². The van der Waals surface area contributed by atoms with Crippen LogP contribution in [-0.4, -0.2) is 24.7 Å². The quantitative estimate of drug-likeness (QED) is 0.822. The van der Waals surface area contributed by atoms with E-state index < -0.39 is 0 Å². The Kier molecular flexibility index (Phi) is 2.16. The number of hydrogen-bond donors (Lipinski definition) is 1. The number of nitrogens with zero attached hydrogens (tertiary/aromatic N) is 2. The van der Waals surface area contributed by atoms with Crippen molar-refractivity contribution in [1.82, 2.24) is 4.98 Å². The number of rotatable bonds is 2. The molecule has 1 aromatic rings. The molecule has 0 amide bonds. The molecule has 1 aromatic heterocycles. The molecule has 86 valence electrons. The number of pyridine rings is 1. The lowest BCUT2D eigenvalue weighted by Crippen LogP contribution is -2.33. The number of methoxy groups -OCH3 is 1. The molecule has 3 rings (SSSR count). The van der Waals surface area contributed by atoms with Gasteiger partial charge in [-0.3, -0.25) is 0 Å². The highest BCUT2D eigenvalue weighted by molar-refractivity contribution is 5.64. The molecule has 2 atom stereocenters. The highest BCUT2D eigenvalue weighted by Gasteiger charge is 2.39. The molecule has 2 fully saturated rings. The Morgan fingerprint density at radius 1 is 1.44 bits per heavy atom. The summed E-state index contributed by atoms with van der Waals surface area (Å²) in [5.74, 6) is 2.40. The Morgan fingerprint density at radius 3 is 2.94 bits per heavy atom. The van der Waals surface area contributed by atoms with Gasteiger partial charge < -0.3 is 15.4 Å². The van der Waals surface area contributed by atoms with Crippen molar-refractivity contribution in [3.05, 3.63) is 12.1 Å². The Morgan fingerprint density at radius 2 is 2.31 bits per heavy atom. The van der Waals surface area contributed by atoms with Crippen LogP contribution in [-0.2, 0) is 0 Å². The summed E-state index contributed by atoms with van der Waals surface area (Å²) in [4.78, 5) is 6.82. The van der Waals surface area contributed by atoms with E-state index in [1.807, 2.05) is 12.1 Å². The van der Waals surface area contributed by atoms with Gasteiger partial charge in [-0.05, 0) is 31.2 Å². The van der Waals surface area contributed by atoms with E-state index in [0.29, 0.717) is 11.9 Å². The highest BCUT2D eigenvalue weighted by Crippen LogP contribution is 2.41. The first-order valence-corrected chi connectivity index (χ1v) is 5.85. The van der Waals surface area contributed by atoms with Crippen molar-refractivity contribution in [3.63, 3.8) is 0 Å². The van der Waals surface area contributed by atoms with Gasteiger partial charge in [0.1, 0.15) is 0 Å². The van der Waals surface area contributed by atoms with Crippen LogP contribution in [0.5, 0.6) is 5.88 Å². The third-order valence-electron chi connectivity index (χ3n) is 3.77. The van der Waals surface area contributed by atoms with Gasteiger partial charge >= 0.3 is 0 Å². The fourth-order valence-corrected chi connectivity index (χ4v) is 2.97. The van der Waals surface area contributed by atoms with E-state index in [2.05, 4.69) is 9.88 Å². The van der Waals surface area contributed by atoms with E-state index in [4.69, 9.17) is 10.5 Å². The molecule has 2 N–H and O–H groups in total. The molecule has 1 saturated heterocycles. The first-order valence-electron chi connectivity index (χ1n) is 5.85. The average Bonchev–Trinajstić information content (AvgIpc) is 2.91. The maximum atomic E-state index is 6.00. The maximum Gasteiger partial charge on any atom is 0.215 e. The van der Waals surface area contributed by atoms with Crippen LogP contribution >= 0.6 is 0 Å². The zero-order chi connectivity index (χ0) is 11.1. The van der Waals surface area contributed by atoms with Gasteiger partial charge in [0.25, 0.3) is 0 Å². The summed E-state index contributed by atoms with van der Waals surface area (Å²) in [5.41, 5.74) is 6.75. The molecule has 4 heteroatoms. The van der Waals surface area contributed by atoms with Crippen LogP contribution < -0.4 is 15.4 Å². The van der Waals surface area contributed by atoms with Gasteiger partial charge in [-0.15, -0.1) is 0 Å². The van der Waals surface area contributed by atoms with Crippen LogP contribution in [0.3, 0.4) is 0 Å². The molecule has 0 radical (unpaired) electrons. The van der Waals surface area contributed by atoms with Crippen LogP contribution in [0.15, 0.2) is 12.1 Å². The lowest BCUT2D eigenvalue weighted by atomic mass is 10.1. The number of nitrogen functional groups attached to an aromatic ring is 1. The fraction of sp³-hybridized carbons (Fsp3) is 0.583. The number of aromatic nitrogens is 1. The number of nitrogens with two attached hydrogens (primary N) is 1. The highest BCUT2D eigenvalue weighted by atomic mass is 16.5. The van der Waals surface area contributed by atoms with Crippen molar-refractivity contribution < 1.29 is 4.74 Å². The fourth-order valence-electron chi connectivity index (χ4n) is 2.97. The molecule has 0 spiro atoms. The third kappa shape index (κ3) is 1.40. The molecule has 16 heavy (non-hydrogen) atoms. The average molecular weight is 219 g/mol. The lowest BCUT2D eigenvalue weighted by molar-refractivity contribution is 0.397. The smallest absolute Gasteiger partial charge is 0.215 e. The van der Waals surface area contributed by atoms with Crippen LogP contribution in [0.25, 0.3) is 0 Å². The molecule has 0 aromatic carbocycles. The van der Waals surface area contributed by atoms with E-state index in [1.165, 1.54) is 19.3 Å². The molecule has 2 heterocycles. The van der Waals surface area contributed by atoms with Crippen LogP contribution in [0.4, 0.5) is 11.5 Å². The van der Waals surface area contributed by atoms with Gasteiger partial charge in [-0.1, -0.05) is 0 Å². The summed E-state index contributed by atoms with van der Waals surface area (Å²) in [6.45, 7) is 1.11. The lowest BCUT2D eigenvalue weighted by Gasteiger charge is -2.29. The molecule has 2 unspecified atom stereocenters. The number of hydrogen-bond acceptors (Lipinski definition) is 4. The predicted octanol–water partition coefficient (Wildman–Crippen LogP) is 1.66. The molecular weight excluding hydrogens is 202 g/mol. The Labute approximate surface area is 95.4 Å². The third-order valence-corrected chi connectivity index (χ3v) is 3.77. The minimum Gasteiger partial charge on any atom is -0.481 e. The summed E-state index contributed by atoms with van der Waals surface area (Å²) in [6.07, 6.45) is 3.95. The minimum absolute atomic E-state index is 0.645. The monoisotopic (exact) mass is 219 g/mol. The number of fused-ring (bicyclic) bond motifs is 2. The second-order valence-electron chi connectivity index (χ2n) is 4.75. The van der Waals surface area contributed by atoms with E-state index in [1.54, 1.807) is 7.11 Å². The predicted molar refractivity (Wildman–Crippen MR) is 63.7 cm³/mol. The summed E-state index contributed by atoms with van der Waals surface area (Å²) in [7, 11) is 1.64. The summed E-state index contributed by atoms with van der Waals surface area (Å²) in [6, 6.07) is 4.34. The molecular formula is C12H17N3O. The minimum atomic E-state index is 0.645. The van der Waals surface area contributed by atoms with Gasteiger partial charge in [0.2, 0.25) is 5.88 Å². The second-order valence-corrected chi connectivity index (χ2v) is 4.75. The van der Waals surface area contributed by atoms with Gasteiger partial charge in [-0.25, -0.2) is 0 Å². The van der Waals surface area contributed by atoms with E-state index in [-0.39, 0.29) is 0 Å². The topological polar surface area (TPSA) is 51.4 Å². The van der Waals surface area contributed by atoms with Crippen molar-refractivity contribution in [3.8, 4) is 5.88 Å². The summed E-state index contributed by atoms with van der Waals surface area (Å²) < 4.78 is 5.16. The Bertz CT molecular complexity index is 407. The zero-order valence-corrected chi connectivity index (χ0v) is 9.52. The van der Waals surface area contributed by atoms with Crippen LogP contribution in [0.1, 0.15) is 19.3 Å². The van der Waals surface area contributed by atoms with E-state index in [0.717, 1.165) is 24.0 Å². The molecule has 2 bridgehead atoms. The van der Waals surface area contributed by atoms with Crippen LogP contribution in [0, 0.1) is 5.92 Å². The van der Waals surface area contributed by atoms with E-state index in [9.17, 15) is 0 Å². The van der Waals surface area contributed by atoms with Gasteiger partial charge in [0.05, 0.1) is 12.8 Å². The van der Waals surface area contributed by atoms with Crippen molar-refractivity contribution in [2.24, 2.45) is 5.92 Å². The molecule has 1 aliphatic heterocycles. The molecule has 1 saturated carbocycles. The Hall–Kier alpha value is -1.45. The van der Waals surface area contributed by atoms with E-state index >= 15 is 0 Å². The number of piperidine rings is 1. The van der Waals surface area contributed by atoms with Crippen molar-refractivity contribution >= 4 is 11.5 Å². The molecule has 4 nitrogen and oxygen atoms in total. The van der Waals surface area contributed by atoms with Crippen LogP contribution in [0.2, 0.25) is 0 Å². The summed E-state index contributed by atoms with van der Waals surface area (Å²) in [5, 5.41) is 0. The van der Waals surface area contributed by atoms with Crippen molar-refractivity contribution in [2.75, 3.05) is 24.3 Å². The summed E-state index contributed by atoms with van der Waals surface area (Å²) >= 11 is 0. The SMILES string of the molecule is COc1ccc(N)c(N2CC3CCC2C3)n1. The first kappa shape index (κ1) is 9.75. The first-order chi connectivity index (χ1) is 7.78. The largest absolute Gasteiger partial charge is 0.481 e. The normalized spacial score (nSPS) is 27.4. The van der Waals surface area contributed by atoms with Gasteiger partial charge in [0.15, 0.2) is 5.82 Å². The molecule has 2 aliphatic rings. The standard InChI is InChI=1S/C12H17N3O/c1-16-11-5-4-10(13)12(14-11)15-7-8-2-3-9(15)6-8/h4-5,8-9H,2-3,6-7,13H2,1H3. The second kappa shape index (κ2) is 3.54. The van der Waals surface area contributed by atoms with Crippen molar-refractivity contribution in [2.45, 2.75) is 25.3 Å². The zero-order valence-electron chi connectivity index (χ0n) is 9.52. The maximum absolute atomic E-state index is 6.00.